The first-order valence-electron chi connectivity index (χ1n) is 9.62. The Labute approximate surface area is 165 Å². The van der Waals surface area contributed by atoms with E-state index in [9.17, 15) is 14.4 Å². The lowest BCUT2D eigenvalue weighted by atomic mass is 9.84. The average molecular weight is 392 g/mol. The van der Waals surface area contributed by atoms with Crippen LogP contribution >= 0.6 is 11.6 Å². The van der Waals surface area contributed by atoms with Gasteiger partial charge in [0.15, 0.2) is 0 Å². The van der Waals surface area contributed by atoms with Gasteiger partial charge in [-0.05, 0) is 43.5 Å². The van der Waals surface area contributed by atoms with Crippen molar-refractivity contribution in [3.63, 3.8) is 0 Å². The monoisotopic (exact) mass is 391 g/mol. The molecule has 1 heterocycles. The lowest BCUT2D eigenvalue weighted by Crippen LogP contribution is -2.46. The number of carbonyl (C=O) groups is 3. The highest BCUT2D eigenvalue weighted by atomic mass is 35.5. The zero-order chi connectivity index (χ0) is 19.4. The third-order valence-corrected chi connectivity index (χ3v) is 5.56. The lowest BCUT2D eigenvalue weighted by Gasteiger charge is -2.32. The molecule has 1 aliphatic carbocycles. The second kappa shape index (κ2) is 8.74. The lowest BCUT2D eigenvalue weighted by molar-refractivity contribution is -0.144. The third-order valence-electron chi connectivity index (χ3n) is 5.30. The fourth-order valence-corrected chi connectivity index (χ4v) is 3.48. The number of anilines is 1. The Morgan fingerprint density at radius 2 is 1.93 bits per heavy atom. The summed E-state index contributed by atoms with van der Waals surface area (Å²) >= 11 is 5.90. The molecule has 0 aromatic heterocycles. The molecule has 2 fully saturated rings. The smallest absolute Gasteiger partial charge is 0.248 e. The first kappa shape index (κ1) is 19.7. The second-order valence-corrected chi connectivity index (χ2v) is 7.71. The third kappa shape index (κ3) is 4.61. The van der Waals surface area contributed by atoms with E-state index in [1.807, 2.05) is 0 Å². The molecule has 1 aliphatic heterocycles. The van der Waals surface area contributed by atoms with Gasteiger partial charge in [0.25, 0.3) is 0 Å². The topological polar surface area (TPSA) is 60.9 Å². The van der Waals surface area contributed by atoms with Gasteiger partial charge in [0, 0.05) is 23.2 Å². The van der Waals surface area contributed by atoms with Gasteiger partial charge in [-0.1, -0.05) is 31.4 Å². The molecule has 1 aromatic carbocycles. The minimum absolute atomic E-state index is 0.0424. The molecule has 0 bridgehead atoms. The summed E-state index contributed by atoms with van der Waals surface area (Å²) in [7, 11) is 0. The summed E-state index contributed by atoms with van der Waals surface area (Å²) in [5, 5.41) is 0.597. The normalized spacial score (nSPS) is 17.2. The highest BCUT2D eigenvalue weighted by Crippen LogP contribution is 2.28. The van der Waals surface area contributed by atoms with Gasteiger partial charge < -0.3 is 9.80 Å². The van der Waals surface area contributed by atoms with Crippen molar-refractivity contribution >= 4 is 35.0 Å². The van der Waals surface area contributed by atoms with Crippen molar-refractivity contribution in [3.8, 4) is 0 Å². The number of halogens is 1. The van der Waals surface area contributed by atoms with Gasteiger partial charge >= 0.3 is 0 Å². The molecule has 1 saturated heterocycles. The number of nitrogens with zero attached hydrogens (tertiary/aromatic N) is 3. The van der Waals surface area contributed by atoms with E-state index >= 15 is 0 Å². The molecule has 0 atom stereocenters. The quantitative estimate of drug-likeness (QED) is 0.718. The summed E-state index contributed by atoms with van der Waals surface area (Å²) in [5.41, 5.74) is 0.716. The molecule has 6 nitrogen and oxygen atoms in total. The molecule has 0 N–H and O–H groups in total. The van der Waals surface area contributed by atoms with Crippen LogP contribution in [0.4, 0.5) is 5.69 Å². The van der Waals surface area contributed by atoms with Crippen LogP contribution in [0.2, 0.25) is 5.02 Å². The SMILES string of the molecule is CCCCN(CC(=O)N1CC(=O)N(c2ccc(Cl)cc2)C1)C(=O)C1CCC1. The first-order chi connectivity index (χ1) is 13.0. The predicted octanol–water partition coefficient (Wildman–Crippen LogP) is 2.90. The Balaban J connectivity index is 1.62. The molecule has 3 amide bonds. The van der Waals surface area contributed by atoms with E-state index in [0.717, 1.165) is 32.1 Å². The second-order valence-electron chi connectivity index (χ2n) is 7.27. The summed E-state index contributed by atoms with van der Waals surface area (Å²) in [6.45, 7) is 2.97. The fourth-order valence-electron chi connectivity index (χ4n) is 3.35. The van der Waals surface area contributed by atoms with Gasteiger partial charge in [0.1, 0.15) is 13.2 Å². The molecule has 0 unspecified atom stereocenters. The van der Waals surface area contributed by atoms with Crippen molar-refractivity contribution in [2.45, 2.75) is 39.0 Å². The summed E-state index contributed by atoms with van der Waals surface area (Å²) in [6, 6.07) is 6.97. The van der Waals surface area contributed by atoms with Crippen molar-refractivity contribution in [2.24, 2.45) is 5.92 Å². The maximum atomic E-state index is 12.8. The van der Waals surface area contributed by atoms with E-state index in [0.29, 0.717) is 17.3 Å². The van der Waals surface area contributed by atoms with Crippen LogP contribution in [0.1, 0.15) is 39.0 Å². The molecule has 1 aromatic rings. The number of hydrogen-bond acceptors (Lipinski definition) is 3. The van der Waals surface area contributed by atoms with E-state index in [1.165, 1.54) is 4.90 Å². The zero-order valence-electron chi connectivity index (χ0n) is 15.7. The minimum atomic E-state index is -0.177. The molecular weight excluding hydrogens is 366 g/mol. The van der Waals surface area contributed by atoms with Gasteiger partial charge in [0.2, 0.25) is 17.7 Å². The molecule has 0 spiro atoms. The number of carbonyl (C=O) groups excluding carboxylic acids is 3. The van der Waals surface area contributed by atoms with Crippen molar-refractivity contribution in [3.05, 3.63) is 29.3 Å². The average Bonchev–Trinajstić information content (AvgIpc) is 2.99. The summed E-state index contributed by atoms with van der Waals surface area (Å²) in [4.78, 5) is 42.5. The van der Waals surface area contributed by atoms with Gasteiger partial charge in [-0.25, -0.2) is 0 Å². The predicted molar refractivity (Wildman–Crippen MR) is 104 cm³/mol. The molecule has 0 radical (unpaired) electrons. The summed E-state index contributed by atoms with van der Waals surface area (Å²) in [6.07, 6.45) is 4.77. The van der Waals surface area contributed by atoms with Crippen LogP contribution in [-0.4, -0.2) is 53.8 Å². The Morgan fingerprint density at radius 3 is 2.52 bits per heavy atom. The van der Waals surface area contributed by atoms with Crippen LogP contribution in [0.15, 0.2) is 24.3 Å². The highest BCUT2D eigenvalue weighted by molar-refractivity contribution is 6.30. The Hall–Kier alpha value is -2.08. The van der Waals surface area contributed by atoms with Gasteiger partial charge in [-0.15, -0.1) is 0 Å². The van der Waals surface area contributed by atoms with Crippen LogP contribution in [0.25, 0.3) is 0 Å². The van der Waals surface area contributed by atoms with Crippen molar-refractivity contribution < 1.29 is 14.4 Å². The van der Waals surface area contributed by atoms with Gasteiger partial charge in [-0.3, -0.25) is 19.3 Å². The van der Waals surface area contributed by atoms with Crippen LogP contribution in [0.3, 0.4) is 0 Å². The van der Waals surface area contributed by atoms with Gasteiger partial charge in [0.05, 0.1) is 6.54 Å². The number of hydrogen-bond donors (Lipinski definition) is 0. The van der Waals surface area contributed by atoms with E-state index in [4.69, 9.17) is 11.6 Å². The summed E-state index contributed by atoms with van der Waals surface area (Å²) in [5.74, 6) is -0.150. The summed E-state index contributed by atoms with van der Waals surface area (Å²) < 4.78 is 0. The fraction of sp³-hybridized carbons (Fsp3) is 0.550. The largest absolute Gasteiger partial charge is 0.333 e. The minimum Gasteiger partial charge on any atom is -0.333 e. The molecule has 7 heteroatoms. The molecular formula is C20H26ClN3O3. The number of benzene rings is 1. The number of rotatable bonds is 7. The maximum absolute atomic E-state index is 12.8. The maximum Gasteiger partial charge on any atom is 0.248 e. The van der Waals surface area contributed by atoms with E-state index in [1.54, 1.807) is 34.1 Å². The van der Waals surface area contributed by atoms with Crippen molar-refractivity contribution in [1.82, 2.24) is 9.80 Å². The van der Waals surface area contributed by atoms with Crippen LogP contribution in [-0.2, 0) is 14.4 Å². The molecule has 146 valence electrons. The Kier molecular flexibility index (Phi) is 6.37. The van der Waals surface area contributed by atoms with E-state index in [-0.39, 0.29) is 43.4 Å². The molecule has 2 aliphatic rings. The van der Waals surface area contributed by atoms with Crippen molar-refractivity contribution in [2.75, 3.05) is 31.2 Å². The zero-order valence-corrected chi connectivity index (χ0v) is 16.5. The Bertz CT molecular complexity index is 703. The van der Waals surface area contributed by atoms with Crippen LogP contribution in [0.5, 0.6) is 0 Å². The van der Waals surface area contributed by atoms with E-state index in [2.05, 4.69) is 6.92 Å². The van der Waals surface area contributed by atoms with Gasteiger partial charge in [-0.2, -0.15) is 0 Å². The number of unbranched alkanes of at least 4 members (excludes halogenated alkanes) is 1. The Morgan fingerprint density at radius 1 is 1.22 bits per heavy atom. The molecule has 27 heavy (non-hydrogen) atoms. The van der Waals surface area contributed by atoms with E-state index < -0.39 is 0 Å². The molecule has 1 saturated carbocycles. The van der Waals surface area contributed by atoms with Crippen LogP contribution in [0, 0.1) is 5.92 Å². The van der Waals surface area contributed by atoms with Crippen molar-refractivity contribution in [1.29, 1.82) is 0 Å². The number of amides is 3. The standard InChI is InChI=1S/C20H26ClN3O3/c1-2-3-11-22(20(27)15-5-4-6-15)12-18(25)23-13-19(26)24(14-23)17-9-7-16(21)8-10-17/h7-10,15H,2-6,11-14H2,1H3. The highest BCUT2D eigenvalue weighted by Gasteiger charge is 2.35. The van der Waals surface area contributed by atoms with Crippen LogP contribution < -0.4 is 4.90 Å². The first-order valence-corrected chi connectivity index (χ1v) is 10.00. The molecule has 3 rings (SSSR count).